The largest absolute Gasteiger partial charge is 0.494 e. The topological polar surface area (TPSA) is 79.5 Å². The van der Waals surface area contributed by atoms with Gasteiger partial charge >= 0.3 is 0 Å². The van der Waals surface area contributed by atoms with Crippen molar-refractivity contribution in [3.8, 4) is 0 Å². The number of rotatable bonds is 7. The van der Waals surface area contributed by atoms with E-state index in [0.717, 1.165) is 45.0 Å². The Morgan fingerprint density at radius 1 is 1.31 bits per heavy atom. The highest BCUT2D eigenvalue weighted by atomic mass is 79.9. The number of ketones is 1. The normalized spacial score (nSPS) is 19.5. The van der Waals surface area contributed by atoms with Crippen molar-refractivity contribution in [2.45, 2.75) is 58.1 Å². The summed E-state index contributed by atoms with van der Waals surface area (Å²) in [5.41, 5.74) is 3.93. The Hall–Kier alpha value is -2.16. The summed E-state index contributed by atoms with van der Waals surface area (Å²) in [5.74, 6) is 0.767. The van der Waals surface area contributed by atoms with Crippen LogP contribution in [0.15, 0.2) is 58.3 Å². The first-order chi connectivity index (χ1) is 16.8. The first-order valence-corrected chi connectivity index (χ1v) is 14.7. The van der Waals surface area contributed by atoms with Gasteiger partial charge in [-0.05, 0) is 63.8 Å². The number of Topliss-reactive ketones (excluding diaryl/α,β-unsaturated/α-hetero) is 1. The molecule has 0 unspecified atom stereocenters. The number of nitrogens with zero attached hydrogens (tertiary/aromatic N) is 1. The number of carbonyl (C=O) groups excluding carboxylic acids is 1. The van der Waals surface area contributed by atoms with Crippen LogP contribution in [0.25, 0.3) is 10.9 Å². The summed E-state index contributed by atoms with van der Waals surface area (Å²) in [6.45, 7) is 15.2. The van der Waals surface area contributed by atoms with Gasteiger partial charge in [0, 0.05) is 45.1 Å². The van der Waals surface area contributed by atoms with E-state index in [0.29, 0.717) is 31.0 Å². The third kappa shape index (κ3) is 4.87. The molecule has 1 fully saturated rings. The molecule has 1 aromatic carbocycles. The average molecular weight is 576 g/mol. The number of nitrogens with one attached hydrogen (secondary N) is 1. The highest BCUT2D eigenvalue weighted by Gasteiger charge is 2.38. The van der Waals surface area contributed by atoms with Gasteiger partial charge in [-0.25, -0.2) is 12.7 Å². The predicted octanol–water partition coefficient (Wildman–Crippen LogP) is 6.26. The number of fused-ring (bicyclic) bond motifs is 3. The number of benzene rings is 1. The van der Waals surface area contributed by atoms with E-state index in [4.69, 9.17) is 4.74 Å². The van der Waals surface area contributed by atoms with Crippen LogP contribution in [0.4, 0.5) is 0 Å². The summed E-state index contributed by atoms with van der Waals surface area (Å²) < 4.78 is 33.2. The fourth-order valence-electron chi connectivity index (χ4n) is 4.98. The highest BCUT2D eigenvalue weighted by Crippen LogP contribution is 2.43. The van der Waals surface area contributed by atoms with Crippen LogP contribution < -0.4 is 0 Å². The maximum atomic E-state index is 13.6. The van der Waals surface area contributed by atoms with E-state index >= 15 is 0 Å². The van der Waals surface area contributed by atoms with Crippen molar-refractivity contribution in [1.82, 2.24) is 9.29 Å². The number of piperidine rings is 1. The summed E-state index contributed by atoms with van der Waals surface area (Å²) in [7, 11) is -3.21. The molecular weight excluding hydrogens is 540 g/mol. The van der Waals surface area contributed by atoms with Crippen molar-refractivity contribution in [1.29, 1.82) is 0 Å². The SMILES string of the molecule is C=C(/C=C\C1=C(C)C(C)(C)c2[nH]c3cc(Br)ccc3c2C1=O)OCC1CCN(S(=O)(=O)C(C)C)CC1. The minimum atomic E-state index is -3.21. The fourth-order valence-corrected chi connectivity index (χ4v) is 6.66. The van der Waals surface area contributed by atoms with Gasteiger partial charge in [0.05, 0.1) is 17.4 Å². The van der Waals surface area contributed by atoms with Crippen LogP contribution in [0.2, 0.25) is 0 Å². The van der Waals surface area contributed by atoms with E-state index in [1.807, 2.05) is 31.2 Å². The molecule has 0 bridgehead atoms. The molecule has 0 amide bonds. The molecule has 8 heteroatoms. The summed E-state index contributed by atoms with van der Waals surface area (Å²) >= 11 is 3.52. The highest BCUT2D eigenvalue weighted by molar-refractivity contribution is 9.10. The molecule has 4 rings (SSSR count). The quantitative estimate of drug-likeness (QED) is 0.312. The maximum absolute atomic E-state index is 13.6. The molecule has 1 N–H and O–H groups in total. The van der Waals surface area contributed by atoms with Gasteiger partial charge in [-0.1, -0.05) is 48.0 Å². The van der Waals surface area contributed by atoms with Gasteiger partial charge in [-0.15, -0.1) is 0 Å². The molecule has 0 atom stereocenters. The van der Waals surface area contributed by atoms with Gasteiger partial charge < -0.3 is 9.72 Å². The lowest BCUT2D eigenvalue weighted by Crippen LogP contribution is -2.42. The Labute approximate surface area is 222 Å². The molecule has 1 aliphatic carbocycles. The Bertz CT molecular complexity index is 1370. The Kier molecular flexibility index (Phi) is 7.43. The van der Waals surface area contributed by atoms with E-state index in [2.05, 4.69) is 41.3 Å². The van der Waals surface area contributed by atoms with Crippen molar-refractivity contribution >= 4 is 42.6 Å². The van der Waals surface area contributed by atoms with Crippen LogP contribution in [0, 0.1) is 5.92 Å². The van der Waals surface area contributed by atoms with E-state index in [9.17, 15) is 13.2 Å². The first-order valence-electron chi connectivity index (χ1n) is 12.4. The van der Waals surface area contributed by atoms with Crippen molar-refractivity contribution in [3.63, 3.8) is 0 Å². The minimum Gasteiger partial charge on any atom is -0.494 e. The summed E-state index contributed by atoms with van der Waals surface area (Å²) in [5, 5.41) is 0.522. The van der Waals surface area contributed by atoms with Gasteiger partial charge in [0.25, 0.3) is 0 Å². The minimum absolute atomic E-state index is 0.00168. The molecule has 0 spiro atoms. The van der Waals surface area contributed by atoms with E-state index < -0.39 is 15.3 Å². The summed E-state index contributed by atoms with van der Waals surface area (Å²) in [6, 6.07) is 5.93. The number of hydrogen-bond acceptors (Lipinski definition) is 4. The van der Waals surface area contributed by atoms with Crippen molar-refractivity contribution in [2.75, 3.05) is 19.7 Å². The number of hydrogen-bond donors (Lipinski definition) is 1. The number of carbonyl (C=O) groups is 1. The Morgan fingerprint density at radius 3 is 2.61 bits per heavy atom. The Balaban J connectivity index is 1.43. The van der Waals surface area contributed by atoms with E-state index in [1.54, 1.807) is 24.2 Å². The number of ether oxygens (including phenoxy) is 1. The zero-order valence-electron chi connectivity index (χ0n) is 21.7. The van der Waals surface area contributed by atoms with Gasteiger partial charge in [-0.3, -0.25) is 4.79 Å². The number of sulfonamides is 1. The van der Waals surface area contributed by atoms with Gasteiger partial charge in [-0.2, -0.15) is 0 Å². The molecule has 0 radical (unpaired) electrons. The van der Waals surface area contributed by atoms with Crippen molar-refractivity contribution in [3.05, 3.63) is 69.6 Å². The zero-order valence-corrected chi connectivity index (χ0v) is 24.1. The van der Waals surface area contributed by atoms with Gasteiger partial charge in [0.2, 0.25) is 10.0 Å². The van der Waals surface area contributed by atoms with Crippen LogP contribution in [0.5, 0.6) is 0 Å². The molecule has 6 nitrogen and oxygen atoms in total. The van der Waals surface area contributed by atoms with E-state index in [1.165, 1.54) is 0 Å². The number of aromatic nitrogens is 1. The van der Waals surface area contributed by atoms with Gasteiger partial charge in [0.1, 0.15) is 5.76 Å². The third-order valence-corrected chi connectivity index (χ3v) is 10.4. The van der Waals surface area contributed by atoms with Crippen LogP contribution in [-0.4, -0.2) is 48.4 Å². The maximum Gasteiger partial charge on any atom is 0.216 e. The van der Waals surface area contributed by atoms with Crippen molar-refractivity contribution in [2.24, 2.45) is 5.92 Å². The molecule has 2 aliphatic rings. The lowest BCUT2D eigenvalue weighted by atomic mass is 9.71. The molecule has 1 aromatic heterocycles. The molecular formula is C28H35BrN2O4S. The van der Waals surface area contributed by atoms with Crippen LogP contribution >= 0.6 is 15.9 Å². The molecule has 1 saturated heterocycles. The second kappa shape index (κ2) is 9.95. The van der Waals surface area contributed by atoms with Gasteiger partial charge in [0.15, 0.2) is 5.78 Å². The second-order valence-electron chi connectivity index (χ2n) is 10.6. The molecule has 0 saturated carbocycles. The fraction of sp³-hybridized carbons (Fsp3) is 0.464. The zero-order chi connectivity index (χ0) is 26.4. The number of allylic oxidation sites excluding steroid dienone is 4. The summed E-state index contributed by atoms with van der Waals surface area (Å²) in [4.78, 5) is 17.1. The number of aromatic amines is 1. The molecule has 36 heavy (non-hydrogen) atoms. The molecule has 2 heterocycles. The second-order valence-corrected chi connectivity index (χ2v) is 14.0. The number of H-pyrrole nitrogens is 1. The molecule has 194 valence electrons. The Morgan fingerprint density at radius 2 is 1.97 bits per heavy atom. The van der Waals surface area contributed by atoms with E-state index in [-0.39, 0.29) is 17.1 Å². The van der Waals surface area contributed by atoms with Crippen LogP contribution in [0.1, 0.15) is 63.5 Å². The number of halogens is 1. The van der Waals surface area contributed by atoms with Crippen LogP contribution in [-0.2, 0) is 20.2 Å². The lowest BCUT2D eigenvalue weighted by Gasteiger charge is -2.32. The monoisotopic (exact) mass is 574 g/mol. The lowest BCUT2D eigenvalue weighted by molar-refractivity contribution is 0.103. The summed E-state index contributed by atoms with van der Waals surface area (Å²) in [6.07, 6.45) is 5.11. The molecule has 2 aromatic rings. The third-order valence-electron chi connectivity index (χ3n) is 7.67. The average Bonchev–Trinajstić information content (AvgIpc) is 3.21. The smallest absolute Gasteiger partial charge is 0.216 e. The predicted molar refractivity (Wildman–Crippen MR) is 149 cm³/mol. The van der Waals surface area contributed by atoms with Crippen molar-refractivity contribution < 1.29 is 17.9 Å². The standard InChI is InChI=1S/C28H35BrN2O4S/c1-17(2)36(33,34)31-13-11-20(12-14-31)16-35-18(3)7-9-22-19(4)28(5,6)27-25(26(22)32)23-10-8-21(29)15-24(23)30-27/h7-10,15,17,20,30H,3,11-14,16H2,1-2,4-6H3/b9-7-. The van der Waals surface area contributed by atoms with Crippen LogP contribution in [0.3, 0.4) is 0 Å². The first kappa shape index (κ1) is 26.9. The molecule has 1 aliphatic heterocycles.